The molecular weight excluding hydrogens is 294 g/mol. The van der Waals surface area contributed by atoms with Gasteiger partial charge in [0.2, 0.25) is 11.2 Å². The van der Waals surface area contributed by atoms with Crippen LogP contribution in [0.3, 0.4) is 0 Å². The zero-order chi connectivity index (χ0) is 15.2. The van der Waals surface area contributed by atoms with Gasteiger partial charge in [0.25, 0.3) is 0 Å². The van der Waals surface area contributed by atoms with Crippen molar-refractivity contribution in [3.05, 3.63) is 29.0 Å². The molecule has 0 saturated carbocycles. The van der Waals surface area contributed by atoms with E-state index in [2.05, 4.69) is 20.3 Å². The van der Waals surface area contributed by atoms with Gasteiger partial charge in [0, 0.05) is 6.07 Å². The summed E-state index contributed by atoms with van der Waals surface area (Å²) in [5, 5.41) is 11.8. The lowest BCUT2D eigenvalue weighted by Gasteiger charge is -2.10. The van der Waals surface area contributed by atoms with Gasteiger partial charge >= 0.3 is 6.01 Å². The molecule has 0 spiro atoms. The summed E-state index contributed by atoms with van der Waals surface area (Å²) >= 11 is 5.82. The van der Waals surface area contributed by atoms with E-state index in [-0.39, 0.29) is 17.2 Å². The van der Waals surface area contributed by atoms with E-state index in [1.54, 1.807) is 18.2 Å². The summed E-state index contributed by atoms with van der Waals surface area (Å²) in [6.07, 6.45) is 0. The fourth-order valence-corrected chi connectivity index (χ4v) is 1.72. The monoisotopic (exact) mass is 305 g/mol. The second-order valence-corrected chi connectivity index (χ2v) is 4.13. The molecule has 1 aromatic carbocycles. The number of halogens is 1. The van der Waals surface area contributed by atoms with Crippen molar-refractivity contribution in [2.75, 3.05) is 19.0 Å². The van der Waals surface area contributed by atoms with Crippen LogP contribution in [0, 0.1) is 11.3 Å². The fourth-order valence-electron chi connectivity index (χ4n) is 1.57. The zero-order valence-corrected chi connectivity index (χ0v) is 12.2. The van der Waals surface area contributed by atoms with E-state index in [1.165, 1.54) is 7.11 Å². The fraction of sp³-hybridized carbons (Fsp3) is 0.231. The van der Waals surface area contributed by atoms with Crippen LogP contribution in [0.1, 0.15) is 12.5 Å². The van der Waals surface area contributed by atoms with Gasteiger partial charge in [0.05, 0.1) is 31.0 Å². The van der Waals surface area contributed by atoms with Gasteiger partial charge in [0.15, 0.2) is 0 Å². The van der Waals surface area contributed by atoms with E-state index in [9.17, 15) is 0 Å². The number of hydrogen-bond acceptors (Lipinski definition) is 7. The first-order chi connectivity index (χ1) is 10.2. The highest BCUT2D eigenvalue weighted by atomic mass is 35.5. The second-order valence-electron chi connectivity index (χ2n) is 3.80. The van der Waals surface area contributed by atoms with Crippen LogP contribution < -0.4 is 14.8 Å². The van der Waals surface area contributed by atoms with Crippen LogP contribution in [0.15, 0.2) is 18.2 Å². The lowest BCUT2D eigenvalue weighted by atomic mass is 10.2. The lowest BCUT2D eigenvalue weighted by Crippen LogP contribution is -2.04. The Balaban J connectivity index is 2.31. The van der Waals surface area contributed by atoms with Crippen LogP contribution in [-0.2, 0) is 0 Å². The molecule has 0 aliphatic heterocycles. The Bertz CT molecular complexity index is 687. The minimum absolute atomic E-state index is 0.0172. The van der Waals surface area contributed by atoms with Crippen molar-refractivity contribution in [3.63, 3.8) is 0 Å². The Kier molecular flexibility index (Phi) is 4.74. The van der Waals surface area contributed by atoms with Crippen LogP contribution in [0.4, 0.5) is 11.6 Å². The number of rotatable bonds is 5. The number of nitriles is 1. The van der Waals surface area contributed by atoms with Crippen LogP contribution >= 0.6 is 11.6 Å². The quantitative estimate of drug-likeness (QED) is 0.907. The molecule has 0 aliphatic rings. The van der Waals surface area contributed by atoms with Gasteiger partial charge < -0.3 is 14.8 Å². The van der Waals surface area contributed by atoms with Gasteiger partial charge in [-0.15, -0.1) is 0 Å². The maximum absolute atomic E-state index is 8.88. The Morgan fingerprint density at radius 2 is 2.14 bits per heavy atom. The number of hydrogen-bond donors (Lipinski definition) is 1. The van der Waals surface area contributed by atoms with Crippen molar-refractivity contribution in [1.29, 1.82) is 5.26 Å². The van der Waals surface area contributed by atoms with Crippen LogP contribution in [0.25, 0.3) is 0 Å². The first-order valence-electron chi connectivity index (χ1n) is 6.05. The Labute approximate surface area is 126 Å². The molecule has 0 unspecified atom stereocenters. The van der Waals surface area contributed by atoms with Crippen LogP contribution in [0.2, 0.25) is 5.28 Å². The summed E-state index contributed by atoms with van der Waals surface area (Å²) in [6, 6.07) is 7.12. The molecular formula is C13H12ClN5O2. The average Bonchev–Trinajstić information content (AvgIpc) is 2.47. The molecule has 8 heteroatoms. The van der Waals surface area contributed by atoms with Gasteiger partial charge in [-0.25, -0.2) is 0 Å². The van der Waals surface area contributed by atoms with Crippen molar-refractivity contribution < 1.29 is 9.47 Å². The van der Waals surface area contributed by atoms with Crippen molar-refractivity contribution in [2.24, 2.45) is 0 Å². The average molecular weight is 306 g/mol. The molecule has 2 rings (SSSR count). The minimum Gasteiger partial charge on any atom is -0.495 e. The zero-order valence-electron chi connectivity index (χ0n) is 11.4. The Morgan fingerprint density at radius 1 is 1.33 bits per heavy atom. The highest BCUT2D eigenvalue weighted by Gasteiger charge is 2.09. The molecule has 7 nitrogen and oxygen atoms in total. The first kappa shape index (κ1) is 14.8. The molecule has 0 radical (unpaired) electrons. The van der Waals surface area contributed by atoms with Crippen LogP contribution in [0.5, 0.6) is 11.8 Å². The van der Waals surface area contributed by atoms with Crippen molar-refractivity contribution in [3.8, 4) is 17.8 Å². The van der Waals surface area contributed by atoms with E-state index in [1.807, 2.05) is 13.0 Å². The van der Waals surface area contributed by atoms with Gasteiger partial charge in [-0.1, -0.05) is 0 Å². The largest absolute Gasteiger partial charge is 0.495 e. The molecule has 1 N–H and O–H groups in total. The highest BCUT2D eigenvalue weighted by Crippen LogP contribution is 2.28. The number of aromatic nitrogens is 3. The number of methoxy groups -OCH3 is 1. The molecule has 0 bridgehead atoms. The third kappa shape index (κ3) is 3.70. The number of ether oxygens (including phenoxy) is 2. The molecule has 1 heterocycles. The Morgan fingerprint density at radius 3 is 2.81 bits per heavy atom. The third-order valence-corrected chi connectivity index (χ3v) is 2.61. The highest BCUT2D eigenvalue weighted by molar-refractivity contribution is 6.28. The maximum Gasteiger partial charge on any atom is 0.322 e. The first-order valence-corrected chi connectivity index (χ1v) is 6.43. The van der Waals surface area contributed by atoms with Crippen molar-refractivity contribution in [1.82, 2.24) is 15.0 Å². The van der Waals surface area contributed by atoms with E-state index >= 15 is 0 Å². The molecule has 0 saturated heterocycles. The summed E-state index contributed by atoms with van der Waals surface area (Å²) in [4.78, 5) is 11.9. The summed E-state index contributed by atoms with van der Waals surface area (Å²) in [5.41, 5.74) is 1.09. The number of anilines is 2. The molecule has 108 valence electrons. The normalized spacial score (nSPS) is 9.81. The molecule has 0 amide bonds. The summed E-state index contributed by atoms with van der Waals surface area (Å²) in [6.45, 7) is 2.23. The Hall–Kier alpha value is -2.59. The van der Waals surface area contributed by atoms with Crippen molar-refractivity contribution in [2.45, 2.75) is 6.92 Å². The van der Waals surface area contributed by atoms with Crippen LogP contribution in [-0.4, -0.2) is 28.7 Å². The number of benzene rings is 1. The van der Waals surface area contributed by atoms with Crippen molar-refractivity contribution >= 4 is 23.2 Å². The predicted octanol–water partition coefficient (Wildman–Crippen LogP) is 2.55. The van der Waals surface area contributed by atoms with Gasteiger partial charge in [0.1, 0.15) is 5.75 Å². The third-order valence-electron chi connectivity index (χ3n) is 2.44. The summed E-state index contributed by atoms with van der Waals surface area (Å²) in [5.74, 6) is 0.713. The molecule has 0 aliphatic carbocycles. The standard InChI is InChI=1S/C13H12ClN5O2/c1-3-21-13-18-11(14)17-12(19-13)16-9-5-4-8(7-15)6-10(9)20-2/h4-6H,3H2,1-2H3,(H,16,17,18,19). The molecule has 0 atom stereocenters. The lowest BCUT2D eigenvalue weighted by molar-refractivity contribution is 0.312. The van der Waals surface area contributed by atoms with Gasteiger partial charge in [-0.05, 0) is 30.7 Å². The van der Waals surface area contributed by atoms with E-state index in [0.29, 0.717) is 23.6 Å². The molecule has 1 aromatic heterocycles. The molecule has 2 aromatic rings. The summed E-state index contributed by atoms with van der Waals surface area (Å²) in [7, 11) is 1.51. The predicted molar refractivity (Wildman–Crippen MR) is 77.0 cm³/mol. The summed E-state index contributed by atoms with van der Waals surface area (Å²) < 4.78 is 10.4. The topological polar surface area (TPSA) is 93.0 Å². The van der Waals surface area contributed by atoms with E-state index < -0.39 is 0 Å². The minimum atomic E-state index is 0.0172. The number of nitrogens with zero attached hydrogens (tertiary/aromatic N) is 4. The smallest absolute Gasteiger partial charge is 0.322 e. The maximum atomic E-state index is 8.88. The second kappa shape index (κ2) is 6.72. The van der Waals surface area contributed by atoms with E-state index in [4.69, 9.17) is 26.3 Å². The SMILES string of the molecule is CCOc1nc(Cl)nc(Nc2ccc(C#N)cc2OC)n1. The van der Waals surface area contributed by atoms with Gasteiger partial charge in [-0.3, -0.25) is 0 Å². The molecule has 0 fully saturated rings. The molecule has 21 heavy (non-hydrogen) atoms. The van der Waals surface area contributed by atoms with Gasteiger partial charge in [-0.2, -0.15) is 20.2 Å². The van der Waals surface area contributed by atoms with E-state index in [0.717, 1.165) is 0 Å². The number of nitrogens with one attached hydrogen (secondary N) is 1.